The third-order valence-corrected chi connectivity index (χ3v) is 5.97. The van der Waals surface area contributed by atoms with E-state index in [4.69, 9.17) is 0 Å². The minimum absolute atomic E-state index is 0.918. The predicted molar refractivity (Wildman–Crippen MR) is 124 cm³/mol. The summed E-state index contributed by atoms with van der Waals surface area (Å²) in [5, 5.41) is 0. The van der Waals surface area contributed by atoms with Gasteiger partial charge in [-0.2, -0.15) is 0 Å². The molecule has 0 atom stereocenters. The molecule has 0 amide bonds. The number of aromatic nitrogens is 1. The molecule has 156 valence electrons. The van der Waals surface area contributed by atoms with Crippen molar-refractivity contribution in [1.82, 2.24) is 14.8 Å². The minimum Gasteiger partial charge on any atom is -0.295 e. The average Bonchev–Trinajstić information content (AvgIpc) is 3.20. The van der Waals surface area contributed by atoms with Gasteiger partial charge in [-0.1, -0.05) is 73.5 Å². The van der Waals surface area contributed by atoms with E-state index in [-0.39, 0.29) is 0 Å². The number of fused-ring (bicyclic) bond motifs is 1. The lowest BCUT2D eigenvalue weighted by Crippen LogP contribution is -2.24. The topological polar surface area (TPSA) is 19.4 Å². The SMILES string of the molecule is c1ccc(CN(CCCCCCN2Cc3ccccc3C2)Cc2ccccn2)cc1. The van der Waals surface area contributed by atoms with Crippen LogP contribution in [0.25, 0.3) is 0 Å². The third-order valence-electron chi connectivity index (χ3n) is 5.97. The summed E-state index contributed by atoms with van der Waals surface area (Å²) in [6.07, 6.45) is 7.06. The zero-order valence-corrected chi connectivity index (χ0v) is 17.9. The minimum atomic E-state index is 0.918. The van der Waals surface area contributed by atoms with Crippen molar-refractivity contribution in [1.29, 1.82) is 0 Å². The van der Waals surface area contributed by atoms with Crippen molar-refractivity contribution in [2.75, 3.05) is 13.1 Å². The molecule has 1 aliphatic rings. The Labute approximate surface area is 181 Å². The van der Waals surface area contributed by atoms with Gasteiger partial charge >= 0.3 is 0 Å². The molecule has 0 saturated heterocycles. The highest BCUT2D eigenvalue weighted by atomic mass is 15.1. The molecule has 2 aromatic carbocycles. The summed E-state index contributed by atoms with van der Waals surface area (Å²) in [7, 11) is 0. The molecule has 2 heterocycles. The van der Waals surface area contributed by atoms with E-state index in [1.807, 2.05) is 12.3 Å². The van der Waals surface area contributed by atoms with E-state index in [2.05, 4.69) is 81.5 Å². The zero-order chi connectivity index (χ0) is 20.4. The van der Waals surface area contributed by atoms with Crippen molar-refractivity contribution in [2.45, 2.75) is 51.9 Å². The monoisotopic (exact) mass is 399 g/mol. The van der Waals surface area contributed by atoms with Crippen LogP contribution in [0.15, 0.2) is 79.0 Å². The summed E-state index contributed by atoms with van der Waals surface area (Å²) in [4.78, 5) is 9.66. The second kappa shape index (κ2) is 11.1. The number of nitrogens with zero attached hydrogens (tertiary/aromatic N) is 3. The highest BCUT2D eigenvalue weighted by Gasteiger charge is 2.17. The molecule has 4 rings (SSSR count). The number of benzene rings is 2. The van der Waals surface area contributed by atoms with Crippen LogP contribution in [0, 0.1) is 0 Å². The molecule has 3 aromatic rings. The van der Waals surface area contributed by atoms with Gasteiger partial charge in [0.25, 0.3) is 0 Å². The van der Waals surface area contributed by atoms with Gasteiger partial charge in [-0.3, -0.25) is 14.8 Å². The van der Waals surface area contributed by atoms with Crippen molar-refractivity contribution in [2.24, 2.45) is 0 Å². The molecule has 0 spiro atoms. The fourth-order valence-corrected chi connectivity index (χ4v) is 4.36. The van der Waals surface area contributed by atoms with E-state index in [0.717, 1.165) is 38.4 Å². The van der Waals surface area contributed by atoms with E-state index in [0.29, 0.717) is 0 Å². The van der Waals surface area contributed by atoms with Crippen LogP contribution in [-0.2, 0) is 26.2 Å². The van der Waals surface area contributed by atoms with Crippen LogP contribution < -0.4 is 0 Å². The van der Waals surface area contributed by atoms with Crippen LogP contribution >= 0.6 is 0 Å². The summed E-state index contributed by atoms with van der Waals surface area (Å²) in [5.74, 6) is 0. The first-order valence-electron chi connectivity index (χ1n) is 11.3. The Morgan fingerprint density at radius 1 is 0.700 bits per heavy atom. The highest BCUT2D eigenvalue weighted by Crippen LogP contribution is 2.22. The quantitative estimate of drug-likeness (QED) is 0.388. The van der Waals surface area contributed by atoms with E-state index in [1.54, 1.807) is 0 Å². The second-order valence-electron chi connectivity index (χ2n) is 8.41. The summed E-state index contributed by atoms with van der Waals surface area (Å²) in [5.41, 5.74) is 5.57. The number of hydrogen-bond acceptors (Lipinski definition) is 3. The normalized spacial score (nSPS) is 13.6. The summed E-state index contributed by atoms with van der Waals surface area (Å²) < 4.78 is 0. The molecule has 0 fully saturated rings. The lowest BCUT2D eigenvalue weighted by molar-refractivity contribution is 0.243. The molecular weight excluding hydrogens is 366 g/mol. The molecule has 3 heteroatoms. The Balaban J connectivity index is 1.18. The Morgan fingerprint density at radius 2 is 1.40 bits per heavy atom. The number of unbranched alkanes of at least 4 members (excludes halogenated alkanes) is 3. The number of rotatable bonds is 11. The summed E-state index contributed by atoms with van der Waals surface area (Å²) in [6, 6.07) is 25.9. The third kappa shape index (κ3) is 6.25. The molecule has 0 aliphatic carbocycles. The van der Waals surface area contributed by atoms with E-state index < -0.39 is 0 Å². The zero-order valence-electron chi connectivity index (χ0n) is 17.9. The van der Waals surface area contributed by atoms with Gasteiger partial charge in [0.1, 0.15) is 0 Å². The standard InChI is InChI=1S/C27H33N3/c1(2-11-19-30-21-25-14-6-7-15-26(25)22-30)10-18-29(20-24-12-4-3-5-13-24)23-27-16-8-9-17-28-27/h3-9,12-17H,1-2,10-11,18-23H2. The van der Waals surface area contributed by atoms with Crippen LogP contribution in [0.1, 0.15) is 48.1 Å². The molecule has 3 nitrogen and oxygen atoms in total. The number of hydrogen-bond donors (Lipinski definition) is 0. The smallest absolute Gasteiger partial charge is 0.0544 e. The van der Waals surface area contributed by atoms with Gasteiger partial charge in [0, 0.05) is 32.4 Å². The molecule has 1 aliphatic heterocycles. The molecule has 0 N–H and O–H groups in total. The van der Waals surface area contributed by atoms with Crippen molar-refractivity contribution >= 4 is 0 Å². The van der Waals surface area contributed by atoms with Crippen LogP contribution in [0.2, 0.25) is 0 Å². The molecule has 0 radical (unpaired) electrons. The van der Waals surface area contributed by atoms with Crippen molar-refractivity contribution < 1.29 is 0 Å². The fraction of sp³-hybridized carbons (Fsp3) is 0.370. The summed E-state index contributed by atoms with van der Waals surface area (Å²) in [6.45, 7) is 6.51. The Morgan fingerprint density at radius 3 is 2.13 bits per heavy atom. The summed E-state index contributed by atoms with van der Waals surface area (Å²) >= 11 is 0. The van der Waals surface area contributed by atoms with Crippen LogP contribution in [0.3, 0.4) is 0 Å². The first kappa shape index (κ1) is 20.8. The largest absolute Gasteiger partial charge is 0.295 e. The Bertz CT molecular complexity index is 812. The lowest BCUT2D eigenvalue weighted by atomic mass is 10.1. The van der Waals surface area contributed by atoms with Crippen molar-refractivity contribution in [3.8, 4) is 0 Å². The van der Waals surface area contributed by atoms with Gasteiger partial charge in [-0.25, -0.2) is 0 Å². The molecule has 1 aromatic heterocycles. The molecule has 0 saturated carbocycles. The van der Waals surface area contributed by atoms with Gasteiger partial charge < -0.3 is 0 Å². The maximum atomic E-state index is 4.53. The number of pyridine rings is 1. The van der Waals surface area contributed by atoms with Gasteiger partial charge in [0.2, 0.25) is 0 Å². The Hall–Kier alpha value is -2.49. The van der Waals surface area contributed by atoms with Gasteiger partial charge in [-0.15, -0.1) is 0 Å². The fourth-order valence-electron chi connectivity index (χ4n) is 4.36. The molecule has 0 unspecified atom stereocenters. The van der Waals surface area contributed by atoms with Crippen molar-refractivity contribution in [3.63, 3.8) is 0 Å². The molecule has 0 bridgehead atoms. The van der Waals surface area contributed by atoms with Crippen LogP contribution in [0.4, 0.5) is 0 Å². The van der Waals surface area contributed by atoms with Crippen LogP contribution in [0.5, 0.6) is 0 Å². The second-order valence-corrected chi connectivity index (χ2v) is 8.41. The van der Waals surface area contributed by atoms with Gasteiger partial charge in [0.15, 0.2) is 0 Å². The van der Waals surface area contributed by atoms with Crippen molar-refractivity contribution in [3.05, 3.63) is 101 Å². The predicted octanol–water partition coefficient (Wildman–Crippen LogP) is 5.66. The van der Waals surface area contributed by atoms with Gasteiger partial charge in [-0.05, 0) is 54.8 Å². The van der Waals surface area contributed by atoms with E-state index in [1.165, 1.54) is 48.9 Å². The lowest BCUT2D eigenvalue weighted by Gasteiger charge is -2.22. The first-order valence-corrected chi connectivity index (χ1v) is 11.3. The highest BCUT2D eigenvalue weighted by molar-refractivity contribution is 5.30. The first-order chi connectivity index (χ1) is 14.9. The van der Waals surface area contributed by atoms with Gasteiger partial charge in [0.05, 0.1) is 5.69 Å². The Kier molecular flexibility index (Phi) is 7.65. The molecular formula is C27H33N3. The van der Waals surface area contributed by atoms with Crippen LogP contribution in [-0.4, -0.2) is 27.9 Å². The van der Waals surface area contributed by atoms with E-state index >= 15 is 0 Å². The maximum absolute atomic E-state index is 4.53. The molecule has 30 heavy (non-hydrogen) atoms. The van der Waals surface area contributed by atoms with E-state index in [9.17, 15) is 0 Å². The average molecular weight is 400 g/mol. The maximum Gasteiger partial charge on any atom is 0.0544 e.